The largest absolute Gasteiger partial charge is 0.340 e. The van der Waals surface area contributed by atoms with Gasteiger partial charge in [0.05, 0.1) is 6.26 Å². The molecule has 0 aromatic carbocycles. The Bertz CT molecular complexity index is 368. The zero-order chi connectivity index (χ0) is 13.6. The fourth-order valence-corrected chi connectivity index (χ4v) is 2.89. The Morgan fingerprint density at radius 2 is 2.11 bits per heavy atom. The van der Waals surface area contributed by atoms with E-state index in [0.29, 0.717) is 19.4 Å². The lowest BCUT2D eigenvalue weighted by atomic mass is 9.99. The third-order valence-corrected chi connectivity index (χ3v) is 3.98. The molecule has 1 amide bonds. The van der Waals surface area contributed by atoms with E-state index < -0.39 is 10.0 Å². The number of rotatable bonds is 6. The van der Waals surface area contributed by atoms with E-state index in [0.717, 1.165) is 38.5 Å². The van der Waals surface area contributed by atoms with E-state index in [-0.39, 0.29) is 11.9 Å². The number of likely N-dealkylation sites (tertiary alicyclic amines) is 1. The van der Waals surface area contributed by atoms with Gasteiger partial charge in [0.2, 0.25) is 15.9 Å². The van der Waals surface area contributed by atoms with Crippen molar-refractivity contribution in [2.45, 2.75) is 51.5 Å². The number of carbonyl (C=O) groups excluding carboxylic acids is 1. The Morgan fingerprint density at radius 3 is 2.72 bits per heavy atom. The molecule has 0 aromatic heterocycles. The highest BCUT2D eigenvalue weighted by Gasteiger charge is 2.25. The molecule has 0 saturated carbocycles. The summed E-state index contributed by atoms with van der Waals surface area (Å²) in [5.41, 5.74) is 0. The van der Waals surface area contributed by atoms with Crippen LogP contribution in [0.15, 0.2) is 0 Å². The second-order valence-electron chi connectivity index (χ2n) is 4.94. The van der Waals surface area contributed by atoms with Crippen LogP contribution in [0.5, 0.6) is 0 Å². The van der Waals surface area contributed by atoms with Gasteiger partial charge in [0.1, 0.15) is 0 Å². The summed E-state index contributed by atoms with van der Waals surface area (Å²) in [4.78, 5) is 13.9. The van der Waals surface area contributed by atoms with Gasteiger partial charge >= 0.3 is 0 Å². The van der Waals surface area contributed by atoms with E-state index in [9.17, 15) is 13.2 Å². The molecule has 1 aliphatic heterocycles. The van der Waals surface area contributed by atoms with Gasteiger partial charge in [-0.15, -0.1) is 0 Å². The van der Waals surface area contributed by atoms with E-state index in [1.54, 1.807) is 0 Å². The number of nitrogens with one attached hydrogen (secondary N) is 1. The molecule has 0 aromatic rings. The van der Waals surface area contributed by atoms with Gasteiger partial charge in [-0.2, -0.15) is 0 Å². The molecule has 0 radical (unpaired) electrons. The lowest BCUT2D eigenvalue weighted by molar-refractivity contribution is -0.135. The molecule has 1 N–H and O–H groups in total. The second kappa shape index (κ2) is 7.09. The number of sulfonamides is 1. The van der Waals surface area contributed by atoms with Crippen molar-refractivity contribution in [1.29, 1.82) is 0 Å². The molecule has 1 aliphatic rings. The molecule has 1 atom stereocenters. The van der Waals surface area contributed by atoms with Crippen LogP contribution in [0, 0.1) is 0 Å². The van der Waals surface area contributed by atoms with Gasteiger partial charge in [0.15, 0.2) is 0 Å². The van der Waals surface area contributed by atoms with Crippen molar-refractivity contribution in [2.75, 3.05) is 19.3 Å². The quantitative estimate of drug-likeness (QED) is 0.790. The first-order chi connectivity index (χ1) is 8.44. The van der Waals surface area contributed by atoms with E-state index in [2.05, 4.69) is 4.72 Å². The Morgan fingerprint density at radius 1 is 1.39 bits per heavy atom. The summed E-state index contributed by atoms with van der Waals surface area (Å²) in [6, 6.07) is 0.201. The van der Waals surface area contributed by atoms with E-state index >= 15 is 0 Å². The number of hydrogen-bond donors (Lipinski definition) is 1. The van der Waals surface area contributed by atoms with Crippen LogP contribution in [0.4, 0.5) is 0 Å². The topological polar surface area (TPSA) is 66.5 Å². The predicted octanol–water partition coefficient (Wildman–Crippen LogP) is 1.11. The normalized spacial score (nSPS) is 21.0. The van der Waals surface area contributed by atoms with Crippen molar-refractivity contribution in [3.8, 4) is 0 Å². The Labute approximate surface area is 110 Å². The van der Waals surface area contributed by atoms with Crippen LogP contribution in [-0.4, -0.2) is 44.6 Å². The minimum atomic E-state index is -3.13. The van der Waals surface area contributed by atoms with Crippen molar-refractivity contribution < 1.29 is 13.2 Å². The van der Waals surface area contributed by atoms with E-state index in [1.807, 2.05) is 11.8 Å². The van der Waals surface area contributed by atoms with Crippen LogP contribution in [0.25, 0.3) is 0 Å². The number of piperidine rings is 1. The van der Waals surface area contributed by atoms with Gasteiger partial charge in [-0.1, -0.05) is 6.92 Å². The first kappa shape index (κ1) is 15.4. The van der Waals surface area contributed by atoms with Crippen LogP contribution >= 0.6 is 0 Å². The van der Waals surface area contributed by atoms with Crippen LogP contribution in [0.1, 0.15) is 45.4 Å². The number of amides is 1. The van der Waals surface area contributed by atoms with Crippen molar-refractivity contribution in [2.24, 2.45) is 0 Å². The van der Waals surface area contributed by atoms with Crippen molar-refractivity contribution in [3.63, 3.8) is 0 Å². The van der Waals surface area contributed by atoms with E-state index in [1.165, 1.54) is 0 Å². The highest BCUT2D eigenvalue weighted by Crippen LogP contribution is 2.20. The van der Waals surface area contributed by atoms with Crippen LogP contribution in [0.3, 0.4) is 0 Å². The zero-order valence-corrected chi connectivity index (χ0v) is 12.1. The SMILES string of the molecule is CCCC(=O)N1CCCCC1CCNS(C)(=O)=O. The summed E-state index contributed by atoms with van der Waals surface area (Å²) in [6.07, 6.45) is 6.50. The zero-order valence-electron chi connectivity index (χ0n) is 11.3. The molecular formula is C12H24N2O3S. The van der Waals surface area contributed by atoms with E-state index in [4.69, 9.17) is 0 Å². The number of carbonyl (C=O) groups is 1. The average Bonchev–Trinajstić information content (AvgIpc) is 2.28. The third kappa shape index (κ3) is 5.35. The first-order valence-electron chi connectivity index (χ1n) is 6.68. The highest BCUT2D eigenvalue weighted by molar-refractivity contribution is 7.88. The Hall–Kier alpha value is -0.620. The maximum absolute atomic E-state index is 12.0. The maximum atomic E-state index is 12.0. The van der Waals surface area contributed by atoms with Gasteiger partial charge in [0.25, 0.3) is 0 Å². The Kier molecular flexibility index (Phi) is 6.08. The second-order valence-corrected chi connectivity index (χ2v) is 6.77. The van der Waals surface area contributed by atoms with Gasteiger partial charge in [-0.3, -0.25) is 4.79 Å². The monoisotopic (exact) mass is 276 g/mol. The molecule has 5 nitrogen and oxygen atoms in total. The summed E-state index contributed by atoms with van der Waals surface area (Å²) >= 11 is 0. The molecule has 0 bridgehead atoms. The van der Waals surface area contributed by atoms with Crippen LogP contribution in [-0.2, 0) is 14.8 Å². The lowest BCUT2D eigenvalue weighted by Gasteiger charge is -2.36. The Balaban J connectivity index is 2.47. The standard InChI is InChI=1S/C12H24N2O3S/c1-3-6-12(15)14-10-5-4-7-11(14)8-9-13-18(2,16)17/h11,13H,3-10H2,1-2H3. The van der Waals surface area contributed by atoms with Gasteiger partial charge in [0, 0.05) is 25.6 Å². The summed E-state index contributed by atoms with van der Waals surface area (Å²) in [5, 5.41) is 0. The molecular weight excluding hydrogens is 252 g/mol. The molecule has 1 fully saturated rings. The average molecular weight is 276 g/mol. The summed E-state index contributed by atoms with van der Waals surface area (Å²) in [7, 11) is -3.13. The van der Waals surface area contributed by atoms with Crippen molar-refractivity contribution in [3.05, 3.63) is 0 Å². The van der Waals surface area contributed by atoms with Crippen LogP contribution in [0.2, 0.25) is 0 Å². The van der Waals surface area contributed by atoms with Crippen molar-refractivity contribution in [1.82, 2.24) is 9.62 Å². The summed E-state index contributed by atoms with van der Waals surface area (Å²) < 4.78 is 24.5. The van der Waals surface area contributed by atoms with Crippen LogP contribution < -0.4 is 4.72 Å². The lowest BCUT2D eigenvalue weighted by Crippen LogP contribution is -2.45. The number of nitrogens with zero attached hydrogens (tertiary/aromatic N) is 1. The smallest absolute Gasteiger partial charge is 0.222 e. The molecule has 0 aliphatic carbocycles. The minimum Gasteiger partial charge on any atom is -0.340 e. The maximum Gasteiger partial charge on any atom is 0.222 e. The molecule has 18 heavy (non-hydrogen) atoms. The fraction of sp³-hybridized carbons (Fsp3) is 0.917. The molecule has 1 unspecified atom stereocenters. The van der Waals surface area contributed by atoms with Crippen molar-refractivity contribution >= 4 is 15.9 Å². The fourth-order valence-electron chi connectivity index (χ4n) is 2.40. The first-order valence-corrected chi connectivity index (χ1v) is 8.57. The highest BCUT2D eigenvalue weighted by atomic mass is 32.2. The van der Waals surface area contributed by atoms with Gasteiger partial charge in [-0.25, -0.2) is 13.1 Å². The summed E-state index contributed by atoms with van der Waals surface area (Å²) in [6.45, 7) is 3.24. The molecule has 1 saturated heterocycles. The molecule has 6 heteroatoms. The number of hydrogen-bond acceptors (Lipinski definition) is 3. The molecule has 0 spiro atoms. The molecule has 106 valence electrons. The molecule has 1 rings (SSSR count). The predicted molar refractivity (Wildman–Crippen MR) is 71.7 cm³/mol. The van der Waals surface area contributed by atoms with Gasteiger partial charge < -0.3 is 4.90 Å². The minimum absolute atomic E-state index is 0.201. The molecule has 1 heterocycles. The third-order valence-electron chi connectivity index (χ3n) is 3.25. The summed E-state index contributed by atoms with van der Waals surface area (Å²) in [5.74, 6) is 0.210. The van der Waals surface area contributed by atoms with Gasteiger partial charge in [-0.05, 0) is 32.1 Å².